The number of benzene rings is 1. The quantitative estimate of drug-likeness (QED) is 0.715. The lowest BCUT2D eigenvalue weighted by Gasteiger charge is -2.18. The van der Waals surface area contributed by atoms with E-state index in [1.54, 1.807) is 29.2 Å². The zero-order valence-corrected chi connectivity index (χ0v) is 12.8. The Labute approximate surface area is 129 Å². The zero-order chi connectivity index (χ0) is 16.5. The Kier molecular flexibility index (Phi) is 6.88. The molecule has 0 unspecified atom stereocenters. The molecular weight excluding hydrogens is 286 g/mol. The van der Waals surface area contributed by atoms with Crippen molar-refractivity contribution in [2.24, 2.45) is 0 Å². The average Bonchev–Trinajstić information content (AvgIpc) is 2.48. The fourth-order valence-corrected chi connectivity index (χ4v) is 1.85. The molecule has 0 bridgehead atoms. The molecule has 0 heterocycles. The van der Waals surface area contributed by atoms with Gasteiger partial charge in [0.15, 0.2) is 0 Å². The molecule has 22 heavy (non-hydrogen) atoms. The van der Waals surface area contributed by atoms with E-state index in [1.165, 1.54) is 0 Å². The van der Waals surface area contributed by atoms with Crippen molar-refractivity contribution in [3.05, 3.63) is 29.8 Å². The predicted octanol–water partition coefficient (Wildman–Crippen LogP) is 1.76. The molecule has 0 aliphatic carbocycles. The molecule has 0 atom stereocenters. The van der Waals surface area contributed by atoms with Crippen LogP contribution in [0, 0.1) is 0 Å². The molecule has 7 nitrogen and oxygen atoms in total. The van der Waals surface area contributed by atoms with Crippen LogP contribution in [-0.2, 0) is 4.79 Å². The van der Waals surface area contributed by atoms with Gasteiger partial charge in [-0.1, -0.05) is 0 Å². The number of aliphatic carboxylic acids is 1. The number of carboxylic acids is 1. The molecule has 0 fully saturated rings. The fraction of sp³-hybridized carbons (Fsp3) is 0.400. The summed E-state index contributed by atoms with van der Waals surface area (Å²) in [6.07, 6.45) is -0.134. The minimum Gasteiger partial charge on any atom is -0.481 e. The molecule has 7 heteroatoms. The summed E-state index contributed by atoms with van der Waals surface area (Å²) in [5.74, 6) is -1.03. The number of hydrogen-bond acceptors (Lipinski definition) is 3. The van der Waals surface area contributed by atoms with Gasteiger partial charge in [-0.3, -0.25) is 9.59 Å². The van der Waals surface area contributed by atoms with Gasteiger partial charge in [0.25, 0.3) is 5.91 Å². The van der Waals surface area contributed by atoms with Crippen LogP contribution in [0.2, 0.25) is 0 Å². The molecular formula is C15H21N3O4. The Bertz CT molecular complexity index is 524. The van der Waals surface area contributed by atoms with E-state index in [9.17, 15) is 14.4 Å². The Hall–Kier alpha value is -2.57. The number of amides is 3. The third kappa shape index (κ3) is 5.43. The van der Waals surface area contributed by atoms with Gasteiger partial charge in [-0.25, -0.2) is 4.79 Å². The number of carboxylic acid groups (broad SMARTS) is 1. The van der Waals surface area contributed by atoms with Crippen LogP contribution in [-0.4, -0.2) is 47.5 Å². The summed E-state index contributed by atoms with van der Waals surface area (Å²) >= 11 is 0. The molecule has 3 N–H and O–H groups in total. The van der Waals surface area contributed by atoms with E-state index in [2.05, 4.69) is 10.6 Å². The molecule has 0 spiro atoms. The maximum atomic E-state index is 12.1. The highest BCUT2D eigenvalue weighted by molar-refractivity contribution is 5.95. The highest BCUT2D eigenvalue weighted by atomic mass is 16.4. The molecule has 1 rings (SSSR count). The van der Waals surface area contributed by atoms with Crippen molar-refractivity contribution in [2.45, 2.75) is 20.3 Å². The van der Waals surface area contributed by atoms with Gasteiger partial charge in [-0.05, 0) is 38.1 Å². The highest BCUT2D eigenvalue weighted by Crippen LogP contribution is 2.11. The summed E-state index contributed by atoms with van der Waals surface area (Å²) in [7, 11) is 0. The Morgan fingerprint density at radius 1 is 1.09 bits per heavy atom. The van der Waals surface area contributed by atoms with Crippen LogP contribution in [0.25, 0.3) is 0 Å². The second-order valence-electron chi connectivity index (χ2n) is 4.58. The Morgan fingerprint density at radius 2 is 1.68 bits per heavy atom. The number of nitrogens with one attached hydrogen (secondary N) is 2. The standard InChI is InChI=1S/C15H21N3O4/c1-3-18(4-2)14(21)11-5-7-12(8-6-11)17-15(22)16-10-9-13(19)20/h5-8H,3-4,9-10H2,1-2H3,(H,19,20)(H2,16,17,22). The smallest absolute Gasteiger partial charge is 0.319 e. The van der Waals surface area contributed by atoms with Crippen LogP contribution in [0.15, 0.2) is 24.3 Å². The topological polar surface area (TPSA) is 98.7 Å². The summed E-state index contributed by atoms with van der Waals surface area (Å²) in [4.78, 5) is 35.7. The number of anilines is 1. The molecule has 0 saturated heterocycles. The minimum atomic E-state index is -0.973. The van der Waals surface area contributed by atoms with Crippen LogP contribution < -0.4 is 10.6 Å². The van der Waals surface area contributed by atoms with Gasteiger partial charge in [0, 0.05) is 30.9 Å². The van der Waals surface area contributed by atoms with E-state index in [4.69, 9.17) is 5.11 Å². The zero-order valence-electron chi connectivity index (χ0n) is 12.8. The number of nitrogens with zero attached hydrogens (tertiary/aromatic N) is 1. The summed E-state index contributed by atoms with van der Waals surface area (Å²) in [6, 6.07) is 6.08. The van der Waals surface area contributed by atoms with Gasteiger partial charge in [0.05, 0.1) is 6.42 Å². The van der Waals surface area contributed by atoms with Crippen molar-refractivity contribution < 1.29 is 19.5 Å². The first-order chi connectivity index (χ1) is 10.5. The van der Waals surface area contributed by atoms with E-state index in [1.807, 2.05) is 13.8 Å². The van der Waals surface area contributed by atoms with Crippen LogP contribution in [0.4, 0.5) is 10.5 Å². The Morgan fingerprint density at radius 3 is 2.18 bits per heavy atom. The SMILES string of the molecule is CCN(CC)C(=O)c1ccc(NC(=O)NCCC(=O)O)cc1. The van der Waals surface area contributed by atoms with Crippen molar-refractivity contribution in [3.8, 4) is 0 Å². The number of hydrogen-bond donors (Lipinski definition) is 3. The minimum absolute atomic E-state index is 0.0533. The maximum absolute atomic E-state index is 12.1. The van der Waals surface area contributed by atoms with Crippen molar-refractivity contribution >= 4 is 23.6 Å². The van der Waals surface area contributed by atoms with Gasteiger partial charge in [0.2, 0.25) is 0 Å². The van der Waals surface area contributed by atoms with E-state index < -0.39 is 12.0 Å². The number of urea groups is 1. The van der Waals surface area contributed by atoms with Crippen molar-refractivity contribution in [1.29, 1.82) is 0 Å². The molecule has 0 aromatic heterocycles. The van der Waals surface area contributed by atoms with Crippen LogP contribution in [0.1, 0.15) is 30.6 Å². The third-order valence-corrected chi connectivity index (χ3v) is 3.06. The first-order valence-corrected chi connectivity index (χ1v) is 7.13. The second kappa shape index (κ2) is 8.66. The van der Waals surface area contributed by atoms with Crippen LogP contribution >= 0.6 is 0 Å². The average molecular weight is 307 g/mol. The molecule has 0 saturated carbocycles. The summed E-state index contributed by atoms with van der Waals surface area (Å²) in [5, 5.41) is 13.5. The van der Waals surface area contributed by atoms with E-state index in [-0.39, 0.29) is 18.9 Å². The van der Waals surface area contributed by atoms with Crippen molar-refractivity contribution in [2.75, 3.05) is 25.0 Å². The molecule has 0 radical (unpaired) electrons. The van der Waals surface area contributed by atoms with E-state index in [0.717, 1.165) is 0 Å². The third-order valence-electron chi connectivity index (χ3n) is 3.06. The van der Waals surface area contributed by atoms with Crippen LogP contribution in [0.5, 0.6) is 0 Å². The number of rotatable bonds is 7. The summed E-state index contributed by atoms with van der Waals surface area (Å²) < 4.78 is 0. The fourth-order valence-electron chi connectivity index (χ4n) is 1.85. The van der Waals surface area contributed by atoms with Crippen molar-refractivity contribution in [1.82, 2.24) is 10.2 Å². The lowest BCUT2D eigenvalue weighted by molar-refractivity contribution is -0.136. The lowest BCUT2D eigenvalue weighted by Crippen LogP contribution is -2.31. The number of carbonyl (C=O) groups excluding carboxylic acids is 2. The van der Waals surface area contributed by atoms with Gasteiger partial charge in [-0.2, -0.15) is 0 Å². The predicted molar refractivity (Wildman–Crippen MR) is 83.0 cm³/mol. The van der Waals surface area contributed by atoms with Gasteiger partial charge in [0.1, 0.15) is 0 Å². The normalized spacial score (nSPS) is 9.91. The van der Waals surface area contributed by atoms with Crippen molar-refractivity contribution in [3.63, 3.8) is 0 Å². The lowest BCUT2D eigenvalue weighted by atomic mass is 10.2. The second-order valence-corrected chi connectivity index (χ2v) is 4.58. The molecule has 3 amide bonds. The molecule has 1 aromatic rings. The highest BCUT2D eigenvalue weighted by Gasteiger charge is 2.12. The summed E-state index contributed by atoms with van der Waals surface area (Å²) in [6.45, 7) is 5.17. The van der Waals surface area contributed by atoms with Crippen LogP contribution in [0.3, 0.4) is 0 Å². The molecule has 0 aliphatic heterocycles. The molecule has 1 aromatic carbocycles. The number of carbonyl (C=O) groups is 3. The monoisotopic (exact) mass is 307 g/mol. The van der Waals surface area contributed by atoms with Gasteiger partial charge >= 0.3 is 12.0 Å². The van der Waals surface area contributed by atoms with Gasteiger partial charge in [-0.15, -0.1) is 0 Å². The van der Waals surface area contributed by atoms with E-state index in [0.29, 0.717) is 24.3 Å². The molecule has 120 valence electrons. The van der Waals surface area contributed by atoms with Gasteiger partial charge < -0.3 is 20.6 Å². The first-order valence-electron chi connectivity index (χ1n) is 7.13. The largest absolute Gasteiger partial charge is 0.481 e. The summed E-state index contributed by atoms with van der Waals surface area (Å²) in [5.41, 5.74) is 1.09. The van der Waals surface area contributed by atoms with E-state index >= 15 is 0 Å². The molecule has 0 aliphatic rings. The maximum Gasteiger partial charge on any atom is 0.319 e. The first kappa shape index (κ1) is 17.5. The Balaban J connectivity index is 2.56.